The molecule has 1 aliphatic rings. The number of phenolic OH excluding ortho intramolecular Hbond substituents is 1. The number of amides is 1. The van der Waals surface area contributed by atoms with Crippen molar-refractivity contribution in [3.63, 3.8) is 0 Å². The van der Waals surface area contributed by atoms with E-state index < -0.39 is 0 Å². The minimum atomic E-state index is -0.0547. The SMILES string of the molecule is CCC[C@@H]1CCCN(C(=O)c2cc(Br)ccc2O)CC1. The van der Waals surface area contributed by atoms with Crippen LogP contribution in [0.3, 0.4) is 0 Å². The minimum absolute atomic E-state index is 0.0547. The summed E-state index contributed by atoms with van der Waals surface area (Å²) >= 11 is 3.35. The highest BCUT2D eigenvalue weighted by Gasteiger charge is 2.23. The van der Waals surface area contributed by atoms with Gasteiger partial charge in [0.15, 0.2) is 0 Å². The van der Waals surface area contributed by atoms with Crippen LogP contribution in [0.15, 0.2) is 22.7 Å². The molecular formula is C16H22BrNO2. The Hall–Kier alpha value is -1.03. The lowest BCUT2D eigenvalue weighted by Gasteiger charge is -2.21. The molecule has 1 atom stereocenters. The molecule has 1 amide bonds. The maximum absolute atomic E-state index is 12.5. The van der Waals surface area contributed by atoms with Gasteiger partial charge in [0.25, 0.3) is 5.91 Å². The molecule has 1 saturated heterocycles. The van der Waals surface area contributed by atoms with E-state index in [-0.39, 0.29) is 11.7 Å². The average Bonchev–Trinajstić information content (AvgIpc) is 2.67. The Balaban J connectivity index is 2.07. The van der Waals surface area contributed by atoms with Gasteiger partial charge in [-0.15, -0.1) is 0 Å². The fourth-order valence-corrected chi connectivity index (χ4v) is 3.28. The molecule has 1 aromatic carbocycles. The first kappa shape index (κ1) is 15.4. The molecule has 0 unspecified atom stereocenters. The molecule has 110 valence electrons. The van der Waals surface area contributed by atoms with E-state index >= 15 is 0 Å². The molecule has 0 spiro atoms. The van der Waals surface area contributed by atoms with E-state index in [4.69, 9.17) is 0 Å². The summed E-state index contributed by atoms with van der Waals surface area (Å²) in [5.41, 5.74) is 0.397. The van der Waals surface area contributed by atoms with Gasteiger partial charge in [-0.2, -0.15) is 0 Å². The predicted molar refractivity (Wildman–Crippen MR) is 84.0 cm³/mol. The van der Waals surface area contributed by atoms with Crippen molar-refractivity contribution in [2.24, 2.45) is 5.92 Å². The zero-order valence-electron chi connectivity index (χ0n) is 11.9. The second-order valence-electron chi connectivity index (χ2n) is 5.54. The first-order valence-corrected chi connectivity index (χ1v) is 8.19. The molecule has 0 aromatic heterocycles. The van der Waals surface area contributed by atoms with Crippen LogP contribution in [-0.2, 0) is 0 Å². The number of halogens is 1. The maximum atomic E-state index is 12.5. The Morgan fingerprint density at radius 1 is 1.40 bits per heavy atom. The van der Waals surface area contributed by atoms with Gasteiger partial charge in [0.05, 0.1) is 5.56 Å². The van der Waals surface area contributed by atoms with Crippen LogP contribution in [0.4, 0.5) is 0 Å². The number of hydrogen-bond acceptors (Lipinski definition) is 2. The molecule has 2 rings (SSSR count). The van der Waals surface area contributed by atoms with Crippen LogP contribution in [-0.4, -0.2) is 29.0 Å². The Morgan fingerprint density at radius 3 is 2.95 bits per heavy atom. The summed E-state index contributed by atoms with van der Waals surface area (Å²) in [6.07, 6.45) is 5.82. The van der Waals surface area contributed by atoms with E-state index in [9.17, 15) is 9.90 Å². The van der Waals surface area contributed by atoms with E-state index in [0.29, 0.717) is 5.56 Å². The number of rotatable bonds is 3. The lowest BCUT2D eigenvalue weighted by molar-refractivity contribution is 0.0756. The van der Waals surface area contributed by atoms with Crippen LogP contribution >= 0.6 is 15.9 Å². The van der Waals surface area contributed by atoms with Crippen molar-refractivity contribution < 1.29 is 9.90 Å². The maximum Gasteiger partial charge on any atom is 0.257 e. The van der Waals surface area contributed by atoms with Crippen molar-refractivity contribution in [2.45, 2.75) is 39.0 Å². The zero-order valence-corrected chi connectivity index (χ0v) is 13.5. The second kappa shape index (κ2) is 7.11. The fourth-order valence-electron chi connectivity index (χ4n) is 2.92. The standard InChI is InChI=1S/C16H22BrNO2/c1-2-4-12-5-3-9-18(10-8-12)16(20)14-11-13(17)6-7-15(14)19/h6-7,11-12,19H,2-5,8-10H2,1H3/t12-/m1/s1. The highest BCUT2D eigenvalue weighted by molar-refractivity contribution is 9.10. The smallest absolute Gasteiger partial charge is 0.257 e. The number of nitrogens with zero attached hydrogens (tertiary/aromatic N) is 1. The third-order valence-corrected chi connectivity index (χ3v) is 4.51. The number of carbonyl (C=O) groups is 1. The summed E-state index contributed by atoms with van der Waals surface area (Å²) in [5.74, 6) is 0.752. The summed E-state index contributed by atoms with van der Waals surface area (Å²) in [6, 6.07) is 5.01. The number of likely N-dealkylation sites (tertiary alicyclic amines) is 1. The Bertz CT molecular complexity index is 476. The van der Waals surface area contributed by atoms with Crippen LogP contribution in [0.25, 0.3) is 0 Å². The van der Waals surface area contributed by atoms with Gasteiger partial charge in [0, 0.05) is 17.6 Å². The van der Waals surface area contributed by atoms with Crippen molar-refractivity contribution >= 4 is 21.8 Å². The van der Waals surface area contributed by atoms with Crippen molar-refractivity contribution in [3.8, 4) is 5.75 Å². The number of aromatic hydroxyl groups is 1. The Morgan fingerprint density at radius 2 is 2.20 bits per heavy atom. The molecule has 1 heterocycles. The highest BCUT2D eigenvalue weighted by atomic mass is 79.9. The quantitative estimate of drug-likeness (QED) is 0.896. The van der Waals surface area contributed by atoms with Crippen LogP contribution in [0.2, 0.25) is 0 Å². The van der Waals surface area contributed by atoms with Gasteiger partial charge in [-0.1, -0.05) is 35.7 Å². The third-order valence-electron chi connectivity index (χ3n) is 4.02. The van der Waals surface area contributed by atoms with Crippen LogP contribution in [0.1, 0.15) is 49.4 Å². The molecule has 1 aromatic rings. The summed E-state index contributed by atoms with van der Waals surface area (Å²) in [4.78, 5) is 14.4. The van der Waals surface area contributed by atoms with Crippen molar-refractivity contribution in [1.82, 2.24) is 4.90 Å². The van der Waals surface area contributed by atoms with Gasteiger partial charge in [-0.05, 0) is 43.4 Å². The van der Waals surface area contributed by atoms with Crippen molar-refractivity contribution in [3.05, 3.63) is 28.2 Å². The van der Waals surface area contributed by atoms with Crippen LogP contribution < -0.4 is 0 Å². The molecule has 3 nitrogen and oxygen atoms in total. The normalized spacial score (nSPS) is 19.7. The fraction of sp³-hybridized carbons (Fsp3) is 0.562. The van der Waals surface area contributed by atoms with Gasteiger partial charge in [0.1, 0.15) is 5.75 Å². The third kappa shape index (κ3) is 3.75. The van der Waals surface area contributed by atoms with Gasteiger partial charge in [-0.3, -0.25) is 4.79 Å². The zero-order chi connectivity index (χ0) is 14.5. The van der Waals surface area contributed by atoms with E-state index in [1.165, 1.54) is 19.3 Å². The summed E-state index contributed by atoms with van der Waals surface area (Å²) < 4.78 is 0.817. The van der Waals surface area contributed by atoms with E-state index in [1.54, 1.807) is 18.2 Å². The van der Waals surface area contributed by atoms with Gasteiger partial charge in [0.2, 0.25) is 0 Å². The molecular weight excluding hydrogens is 318 g/mol. The largest absolute Gasteiger partial charge is 0.507 e. The van der Waals surface area contributed by atoms with Gasteiger partial charge in [-0.25, -0.2) is 0 Å². The Kier molecular flexibility index (Phi) is 5.46. The van der Waals surface area contributed by atoms with E-state index in [1.807, 2.05) is 4.90 Å². The molecule has 0 radical (unpaired) electrons. The molecule has 0 saturated carbocycles. The Labute approximate surface area is 129 Å². The molecule has 1 fully saturated rings. The van der Waals surface area contributed by atoms with Gasteiger partial charge < -0.3 is 10.0 Å². The number of benzene rings is 1. The molecule has 4 heteroatoms. The van der Waals surface area contributed by atoms with Crippen molar-refractivity contribution in [2.75, 3.05) is 13.1 Å². The van der Waals surface area contributed by atoms with Crippen LogP contribution in [0, 0.1) is 5.92 Å². The first-order chi connectivity index (χ1) is 9.61. The lowest BCUT2D eigenvalue weighted by Crippen LogP contribution is -2.32. The second-order valence-corrected chi connectivity index (χ2v) is 6.45. The molecule has 20 heavy (non-hydrogen) atoms. The summed E-state index contributed by atoms with van der Waals surface area (Å²) in [5, 5.41) is 9.87. The highest BCUT2D eigenvalue weighted by Crippen LogP contribution is 2.26. The lowest BCUT2D eigenvalue weighted by atomic mass is 9.96. The van der Waals surface area contributed by atoms with E-state index in [0.717, 1.165) is 36.3 Å². The molecule has 0 bridgehead atoms. The number of hydrogen-bond donors (Lipinski definition) is 1. The first-order valence-electron chi connectivity index (χ1n) is 7.39. The van der Waals surface area contributed by atoms with E-state index in [2.05, 4.69) is 22.9 Å². The minimum Gasteiger partial charge on any atom is -0.507 e. The van der Waals surface area contributed by atoms with Crippen molar-refractivity contribution in [1.29, 1.82) is 0 Å². The van der Waals surface area contributed by atoms with Crippen LogP contribution in [0.5, 0.6) is 5.75 Å². The van der Waals surface area contributed by atoms with Gasteiger partial charge >= 0.3 is 0 Å². The monoisotopic (exact) mass is 339 g/mol. The average molecular weight is 340 g/mol. The predicted octanol–water partition coefficient (Wildman–Crippen LogP) is 4.20. The topological polar surface area (TPSA) is 40.5 Å². The summed E-state index contributed by atoms with van der Waals surface area (Å²) in [6.45, 7) is 3.81. The number of carbonyl (C=O) groups excluding carboxylic acids is 1. The molecule has 1 aliphatic heterocycles. The summed E-state index contributed by atoms with van der Waals surface area (Å²) in [7, 11) is 0. The number of phenols is 1. The molecule has 0 aliphatic carbocycles. The molecule has 1 N–H and O–H groups in total.